The fourth-order valence-corrected chi connectivity index (χ4v) is 5.67. The molecule has 0 aromatic heterocycles. The maximum absolute atomic E-state index is 12.8. The number of carbonyl (C=O) groups is 2. The summed E-state index contributed by atoms with van der Waals surface area (Å²) in [6.45, 7) is 4.24. The number of hydrazone groups is 1. The molecule has 0 spiro atoms. The smallest absolute Gasteiger partial charge is 0.162 e. The number of carbonyl (C=O) groups excluding carboxylic acids is 2. The highest BCUT2D eigenvalue weighted by atomic mass is 16.5. The van der Waals surface area contributed by atoms with Crippen molar-refractivity contribution in [3.05, 3.63) is 59.2 Å². The molecule has 2 aliphatic rings. The number of methoxy groups -OCH3 is 1. The van der Waals surface area contributed by atoms with E-state index in [0.717, 1.165) is 67.4 Å². The van der Waals surface area contributed by atoms with Crippen LogP contribution in [0.1, 0.15) is 106 Å². The first-order valence-corrected chi connectivity index (χ1v) is 14.5. The number of aldehydes is 1. The molecule has 0 saturated heterocycles. The molecule has 7 nitrogen and oxygen atoms in total. The first kappa shape index (κ1) is 28.8. The number of nitrogens with zero attached hydrogens (tertiary/aromatic N) is 2. The molecule has 2 N–H and O–H groups in total. The van der Waals surface area contributed by atoms with Gasteiger partial charge in [-0.25, -0.2) is 0 Å². The summed E-state index contributed by atoms with van der Waals surface area (Å²) in [5.41, 5.74) is 9.99. The van der Waals surface area contributed by atoms with Crippen LogP contribution in [0.25, 0.3) is 0 Å². The molecule has 1 aliphatic carbocycles. The topological polar surface area (TPSA) is 94.2 Å². The molecule has 0 bridgehead atoms. The Morgan fingerprint density at radius 2 is 1.92 bits per heavy atom. The molecule has 0 radical (unpaired) electrons. The molecule has 3 atom stereocenters. The number of benzene rings is 2. The lowest BCUT2D eigenvalue weighted by molar-refractivity contribution is -0.114. The molecule has 1 saturated carbocycles. The minimum absolute atomic E-state index is 0.0999. The third-order valence-corrected chi connectivity index (χ3v) is 8.02. The molecule has 4 rings (SSSR count). The van der Waals surface area contributed by atoms with Gasteiger partial charge < -0.3 is 20.0 Å². The fraction of sp³-hybridized carbons (Fsp3) is 0.531. The predicted molar refractivity (Wildman–Crippen MR) is 154 cm³/mol. The summed E-state index contributed by atoms with van der Waals surface area (Å²) in [5.74, 6) is 1.64. The van der Waals surface area contributed by atoms with Crippen LogP contribution in [0.3, 0.4) is 0 Å². The van der Waals surface area contributed by atoms with E-state index in [1.807, 2.05) is 42.5 Å². The highest BCUT2D eigenvalue weighted by Gasteiger charge is 2.34. The number of Topliss-reactive ketones (excluding diaryl/α,β-unsaturated/α-hetero) is 1. The summed E-state index contributed by atoms with van der Waals surface area (Å²) in [6.07, 6.45) is 9.92. The van der Waals surface area contributed by atoms with Gasteiger partial charge in [-0.15, -0.1) is 0 Å². The molecular weight excluding hydrogens is 490 g/mol. The summed E-state index contributed by atoms with van der Waals surface area (Å²) in [5, 5.41) is 6.71. The van der Waals surface area contributed by atoms with Gasteiger partial charge in [0.2, 0.25) is 0 Å². The Balaban J connectivity index is 1.64. The standard InChI is InChI=1S/C32H43N3O4/c1-4-6-7-15-28(37)23-11-10-12-25(18-23)32(33)35-26(21-36)19-22(5-2)31(34-35)24-16-17-29(38-3)30(20-24)39-27-13-8-9-14-27/h10-12,16-18,20-22,26-27,32H,4-9,13-15,19,33H2,1-3H3. The second kappa shape index (κ2) is 13.7. The largest absolute Gasteiger partial charge is 0.493 e. The van der Waals surface area contributed by atoms with E-state index in [4.69, 9.17) is 20.3 Å². The van der Waals surface area contributed by atoms with Crippen molar-refractivity contribution >= 4 is 17.8 Å². The highest BCUT2D eigenvalue weighted by Crippen LogP contribution is 2.36. The number of hydrogen-bond acceptors (Lipinski definition) is 7. The van der Waals surface area contributed by atoms with Crippen LogP contribution in [-0.2, 0) is 4.79 Å². The van der Waals surface area contributed by atoms with Gasteiger partial charge in [0.15, 0.2) is 17.3 Å². The molecule has 7 heteroatoms. The molecule has 2 aromatic carbocycles. The third kappa shape index (κ3) is 6.88. The van der Waals surface area contributed by atoms with Gasteiger partial charge in [0.05, 0.1) is 18.9 Å². The first-order chi connectivity index (χ1) is 19.0. The van der Waals surface area contributed by atoms with E-state index in [9.17, 15) is 9.59 Å². The van der Waals surface area contributed by atoms with Crippen LogP contribution < -0.4 is 15.2 Å². The van der Waals surface area contributed by atoms with Gasteiger partial charge >= 0.3 is 0 Å². The van der Waals surface area contributed by atoms with Gasteiger partial charge in [-0.3, -0.25) is 9.80 Å². The third-order valence-electron chi connectivity index (χ3n) is 8.02. The van der Waals surface area contributed by atoms with E-state index in [1.54, 1.807) is 12.1 Å². The molecule has 39 heavy (non-hydrogen) atoms. The fourth-order valence-electron chi connectivity index (χ4n) is 5.67. The van der Waals surface area contributed by atoms with E-state index in [1.165, 1.54) is 12.8 Å². The van der Waals surface area contributed by atoms with Gasteiger partial charge in [-0.2, -0.15) is 5.10 Å². The average molecular weight is 534 g/mol. The van der Waals surface area contributed by atoms with Crippen LogP contribution in [0.5, 0.6) is 11.5 Å². The first-order valence-electron chi connectivity index (χ1n) is 14.5. The Morgan fingerprint density at radius 1 is 1.13 bits per heavy atom. The summed E-state index contributed by atoms with van der Waals surface area (Å²) in [6, 6.07) is 12.9. The molecule has 1 aliphatic heterocycles. The van der Waals surface area contributed by atoms with Crippen LogP contribution in [0.4, 0.5) is 0 Å². The highest BCUT2D eigenvalue weighted by molar-refractivity contribution is 6.03. The monoisotopic (exact) mass is 533 g/mol. The molecule has 1 heterocycles. The zero-order valence-corrected chi connectivity index (χ0v) is 23.6. The minimum atomic E-state index is -0.663. The second-order valence-electron chi connectivity index (χ2n) is 10.8. The zero-order valence-electron chi connectivity index (χ0n) is 23.6. The lowest BCUT2D eigenvalue weighted by atomic mass is 9.86. The maximum Gasteiger partial charge on any atom is 0.162 e. The van der Waals surface area contributed by atoms with Crippen molar-refractivity contribution in [2.45, 2.75) is 96.4 Å². The molecule has 210 valence electrons. The maximum atomic E-state index is 12.8. The van der Waals surface area contributed by atoms with Gasteiger partial charge in [0.1, 0.15) is 18.5 Å². The molecule has 3 unspecified atom stereocenters. The summed E-state index contributed by atoms with van der Waals surface area (Å²) in [7, 11) is 1.65. The number of unbranched alkanes of at least 4 members (excludes halogenated alkanes) is 2. The van der Waals surface area contributed by atoms with Crippen molar-refractivity contribution < 1.29 is 19.1 Å². The van der Waals surface area contributed by atoms with E-state index < -0.39 is 12.2 Å². The van der Waals surface area contributed by atoms with E-state index in [-0.39, 0.29) is 17.8 Å². The van der Waals surface area contributed by atoms with Crippen molar-refractivity contribution in [2.75, 3.05) is 7.11 Å². The Labute approximate surface area is 232 Å². The molecular formula is C32H43N3O4. The number of nitrogens with two attached hydrogens (primary N) is 1. The summed E-state index contributed by atoms with van der Waals surface area (Å²) < 4.78 is 11.9. The molecule has 0 amide bonds. The summed E-state index contributed by atoms with van der Waals surface area (Å²) >= 11 is 0. The average Bonchev–Trinajstić information content (AvgIpc) is 3.49. The molecule has 1 fully saturated rings. The van der Waals surface area contributed by atoms with Crippen molar-refractivity contribution in [1.82, 2.24) is 5.01 Å². The van der Waals surface area contributed by atoms with Crippen molar-refractivity contribution in [2.24, 2.45) is 16.8 Å². The second-order valence-corrected chi connectivity index (χ2v) is 10.8. The quantitative estimate of drug-likeness (QED) is 0.181. The van der Waals surface area contributed by atoms with Crippen LogP contribution >= 0.6 is 0 Å². The normalized spacial score (nSPS) is 20.4. The lowest BCUT2D eigenvalue weighted by Crippen LogP contribution is -2.46. The number of ether oxygens (including phenoxy) is 2. The number of hydrogen-bond donors (Lipinski definition) is 1. The van der Waals surface area contributed by atoms with Crippen LogP contribution in [0.15, 0.2) is 47.6 Å². The summed E-state index contributed by atoms with van der Waals surface area (Å²) in [4.78, 5) is 25.0. The Hall–Kier alpha value is -3.19. The number of ketones is 1. The van der Waals surface area contributed by atoms with Gasteiger partial charge in [-0.1, -0.05) is 44.9 Å². The number of rotatable bonds is 13. The SMILES string of the molecule is CCCCCC(=O)c1cccc(C(N)N2N=C(c3ccc(OC)c(OC4CCCC4)c3)C(CC)CC2C=O)c1. The molecule has 2 aromatic rings. The van der Waals surface area contributed by atoms with Crippen molar-refractivity contribution in [1.29, 1.82) is 0 Å². The van der Waals surface area contributed by atoms with E-state index in [0.29, 0.717) is 24.2 Å². The lowest BCUT2D eigenvalue weighted by Gasteiger charge is -2.38. The van der Waals surface area contributed by atoms with E-state index in [2.05, 4.69) is 13.8 Å². The minimum Gasteiger partial charge on any atom is -0.493 e. The van der Waals surface area contributed by atoms with Crippen LogP contribution in [0, 0.1) is 5.92 Å². The predicted octanol–water partition coefficient (Wildman–Crippen LogP) is 6.44. The van der Waals surface area contributed by atoms with Crippen LogP contribution in [0.2, 0.25) is 0 Å². The van der Waals surface area contributed by atoms with Crippen LogP contribution in [-0.4, -0.2) is 42.0 Å². The van der Waals surface area contributed by atoms with Gasteiger partial charge in [0.25, 0.3) is 0 Å². The Morgan fingerprint density at radius 3 is 2.62 bits per heavy atom. The van der Waals surface area contributed by atoms with Crippen molar-refractivity contribution in [3.8, 4) is 11.5 Å². The van der Waals surface area contributed by atoms with Gasteiger partial charge in [-0.05, 0) is 74.8 Å². The van der Waals surface area contributed by atoms with Crippen molar-refractivity contribution in [3.63, 3.8) is 0 Å². The van der Waals surface area contributed by atoms with E-state index >= 15 is 0 Å². The Kier molecular flexibility index (Phi) is 10.2. The zero-order chi connectivity index (χ0) is 27.8. The van der Waals surface area contributed by atoms with Gasteiger partial charge in [0, 0.05) is 23.5 Å². The Bertz CT molecular complexity index is 1160.